The first-order chi connectivity index (χ1) is 5.79. The van der Waals surface area contributed by atoms with Gasteiger partial charge in [0.15, 0.2) is 0 Å². The van der Waals surface area contributed by atoms with Crippen LogP contribution in [-0.4, -0.2) is 44.4 Å². The monoisotopic (exact) mass is 171 g/mol. The third kappa shape index (κ3) is 3.06. The minimum Gasteiger partial charge on any atom is -0.480 e. The number of hydrogen-bond acceptors (Lipinski definition) is 5. The molecule has 0 bridgehead atoms. The molecule has 2 N–H and O–H groups in total. The molecule has 0 aliphatic heterocycles. The van der Waals surface area contributed by atoms with Crippen molar-refractivity contribution in [2.45, 2.75) is 6.54 Å². The lowest BCUT2D eigenvalue weighted by atomic mass is 10.6. The fraction of sp³-hybridized carbons (Fsp3) is 0.600. The van der Waals surface area contributed by atoms with Crippen LogP contribution in [0.15, 0.2) is 6.33 Å². The molecule has 0 aromatic carbocycles. The van der Waals surface area contributed by atoms with Crippen LogP contribution in [0, 0.1) is 0 Å². The maximum absolute atomic E-state index is 10.1. The van der Waals surface area contributed by atoms with Gasteiger partial charge in [0.2, 0.25) is 0 Å². The number of aromatic nitrogens is 4. The Labute approximate surface area is 68.4 Å². The van der Waals surface area contributed by atoms with Crippen LogP contribution in [0.2, 0.25) is 0 Å². The van der Waals surface area contributed by atoms with Gasteiger partial charge in [-0.1, -0.05) is 0 Å². The van der Waals surface area contributed by atoms with Crippen LogP contribution in [0.1, 0.15) is 0 Å². The molecule has 1 aromatic heterocycles. The molecule has 0 saturated heterocycles. The molecule has 1 heterocycles. The lowest BCUT2D eigenvalue weighted by Crippen LogP contribution is -2.26. The average Bonchev–Trinajstić information content (AvgIpc) is 2.49. The SMILES string of the molecule is O=C(O)CNCCn1cnnn1. The van der Waals surface area contributed by atoms with Gasteiger partial charge in [-0.25, -0.2) is 4.68 Å². The highest BCUT2D eigenvalue weighted by molar-refractivity contribution is 5.68. The van der Waals surface area contributed by atoms with E-state index in [0.29, 0.717) is 13.1 Å². The van der Waals surface area contributed by atoms with Gasteiger partial charge in [0.1, 0.15) is 6.33 Å². The lowest BCUT2D eigenvalue weighted by molar-refractivity contribution is -0.135. The van der Waals surface area contributed by atoms with Gasteiger partial charge in [0.05, 0.1) is 13.1 Å². The smallest absolute Gasteiger partial charge is 0.317 e. The van der Waals surface area contributed by atoms with Gasteiger partial charge in [0, 0.05) is 6.54 Å². The molecule has 0 unspecified atom stereocenters. The Hall–Kier alpha value is -1.50. The number of rotatable bonds is 5. The van der Waals surface area contributed by atoms with Crippen molar-refractivity contribution < 1.29 is 9.90 Å². The number of nitrogens with zero attached hydrogens (tertiary/aromatic N) is 4. The van der Waals surface area contributed by atoms with Gasteiger partial charge >= 0.3 is 5.97 Å². The largest absolute Gasteiger partial charge is 0.480 e. The Morgan fingerprint density at radius 2 is 2.50 bits per heavy atom. The van der Waals surface area contributed by atoms with E-state index < -0.39 is 5.97 Å². The van der Waals surface area contributed by atoms with E-state index in [1.807, 2.05) is 0 Å². The van der Waals surface area contributed by atoms with Gasteiger partial charge in [-0.05, 0) is 10.4 Å². The predicted molar refractivity (Wildman–Crippen MR) is 38.3 cm³/mol. The lowest BCUT2D eigenvalue weighted by Gasteiger charge is -1.99. The van der Waals surface area contributed by atoms with E-state index >= 15 is 0 Å². The molecule has 66 valence electrons. The fourth-order valence-corrected chi connectivity index (χ4v) is 0.672. The van der Waals surface area contributed by atoms with E-state index in [2.05, 4.69) is 20.8 Å². The number of aliphatic carboxylic acids is 1. The molecular weight excluding hydrogens is 162 g/mol. The molecule has 0 atom stereocenters. The summed E-state index contributed by atoms with van der Waals surface area (Å²) in [5, 5.41) is 21.4. The summed E-state index contributed by atoms with van der Waals surface area (Å²) in [6.07, 6.45) is 1.47. The third-order valence-electron chi connectivity index (χ3n) is 1.19. The van der Waals surface area contributed by atoms with Crippen molar-refractivity contribution >= 4 is 5.97 Å². The quantitative estimate of drug-likeness (QED) is 0.515. The summed E-state index contributed by atoms with van der Waals surface area (Å²) in [5.74, 6) is -0.869. The molecule has 1 aromatic rings. The molecular formula is C5H9N5O2. The van der Waals surface area contributed by atoms with Crippen LogP contribution in [0.4, 0.5) is 0 Å². The molecule has 0 saturated carbocycles. The van der Waals surface area contributed by atoms with E-state index in [9.17, 15) is 4.79 Å². The zero-order valence-corrected chi connectivity index (χ0v) is 6.34. The zero-order chi connectivity index (χ0) is 8.81. The van der Waals surface area contributed by atoms with Crippen molar-refractivity contribution in [1.29, 1.82) is 0 Å². The molecule has 0 radical (unpaired) electrons. The van der Waals surface area contributed by atoms with Crippen molar-refractivity contribution in [2.75, 3.05) is 13.1 Å². The maximum Gasteiger partial charge on any atom is 0.317 e. The standard InChI is InChI=1S/C5H9N5O2/c11-5(12)3-6-1-2-10-4-7-8-9-10/h4,6H,1-3H2,(H,11,12). The second-order valence-corrected chi connectivity index (χ2v) is 2.14. The van der Waals surface area contributed by atoms with E-state index in [0.717, 1.165) is 0 Å². The van der Waals surface area contributed by atoms with Crippen molar-refractivity contribution in [3.05, 3.63) is 6.33 Å². The number of carboxylic acids is 1. The van der Waals surface area contributed by atoms with Crippen LogP contribution in [0.3, 0.4) is 0 Å². The fourth-order valence-electron chi connectivity index (χ4n) is 0.672. The summed E-state index contributed by atoms with van der Waals surface area (Å²) in [5.41, 5.74) is 0. The molecule has 7 heteroatoms. The van der Waals surface area contributed by atoms with Crippen molar-refractivity contribution in [3.63, 3.8) is 0 Å². The minimum absolute atomic E-state index is 0.0396. The summed E-state index contributed by atoms with van der Waals surface area (Å²) < 4.78 is 1.52. The number of tetrazole rings is 1. The van der Waals surface area contributed by atoms with Crippen molar-refractivity contribution in [3.8, 4) is 0 Å². The van der Waals surface area contributed by atoms with Gasteiger partial charge in [-0.15, -0.1) is 5.10 Å². The first-order valence-electron chi connectivity index (χ1n) is 3.42. The van der Waals surface area contributed by atoms with Crippen LogP contribution >= 0.6 is 0 Å². The highest BCUT2D eigenvalue weighted by atomic mass is 16.4. The highest BCUT2D eigenvalue weighted by Crippen LogP contribution is 1.74. The second-order valence-electron chi connectivity index (χ2n) is 2.14. The molecule has 0 amide bonds. The Balaban J connectivity index is 2.07. The van der Waals surface area contributed by atoms with E-state index in [1.54, 1.807) is 0 Å². The number of nitrogens with one attached hydrogen (secondary N) is 1. The Bertz CT molecular complexity index is 234. The normalized spacial score (nSPS) is 10.0. The first-order valence-corrected chi connectivity index (χ1v) is 3.42. The summed E-state index contributed by atoms with van der Waals surface area (Å²) in [7, 11) is 0. The summed E-state index contributed by atoms with van der Waals surface area (Å²) in [6.45, 7) is 1.07. The van der Waals surface area contributed by atoms with Crippen LogP contribution in [0.25, 0.3) is 0 Å². The molecule has 0 aliphatic carbocycles. The second kappa shape index (κ2) is 4.39. The molecule has 12 heavy (non-hydrogen) atoms. The van der Waals surface area contributed by atoms with E-state index in [1.165, 1.54) is 11.0 Å². The maximum atomic E-state index is 10.1. The van der Waals surface area contributed by atoms with Crippen LogP contribution in [0.5, 0.6) is 0 Å². The minimum atomic E-state index is -0.869. The summed E-state index contributed by atoms with van der Waals surface area (Å²) >= 11 is 0. The molecule has 0 fully saturated rings. The van der Waals surface area contributed by atoms with Gasteiger partial charge < -0.3 is 10.4 Å². The number of carboxylic acid groups (broad SMARTS) is 1. The van der Waals surface area contributed by atoms with E-state index in [-0.39, 0.29) is 6.54 Å². The summed E-state index contributed by atoms with van der Waals surface area (Å²) in [4.78, 5) is 10.1. The highest BCUT2D eigenvalue weighted by Gasteiger charge is 1.95. The number of carbonyl (C=O) groups is 1. The third-order valence-corrected chi connectivity index (χ3v) is 1.19. The molecule has 7 nitrogen and oxygen atoms in total. The van der Waals surface area contributed by atoms with Crippen LogP contribution < -0.4 is 5.32 Å². The van der Waals surface area contributed by atoms with E-state index in [4.69, 9.17) is 5.11 Å². The van der Waals surface area contributed by atoms with Gasteiger partial charge in [-0.3, -0.25) is 4.79 Å². The summed E-state index contributed by atoms with van der Waals surface area (Å²) in [6, 6.07) is 0. The molecule has 0 spiro atoms. The predicted octanol–water partition coefficient (Wildman–Crippen LogP) is -1.65. The molecule has 1 rings (SSSR count). The van der Waals surface area contributed by atoms with Gasteiger partial charge in [0.25, 0.3) is 0 Å². The van der Waals surface area contributed by atoms with Gasteiger partial charge in [-0.2, -0.15) is 0 Å². The van der Waals surface area contributed by atoms with Crippen molar-refractivity contribution in [2.24, 2.45) is 0 Å². The van der Waals surface area contributed by atoms with Crippen molar-refractivity contribution in [1.82, 2.24) is 25.5 Å². The first kappa shape index (κ1) is 8.60. The topological polar surface area (TPSA) is 92.9 Å². The number of hydrogen-bond donors (Lipinski definition) is 2. The average molecular weight is 171 g/mol. The van der Waals surface area contributed by atoms with Crippen LogP contribution in [-0.2, 0) is 11.3 Å². The Morgan fingerprint density at radius 3 is 3.08 bits per heavy atom. The Morgan fingerprint density at radius 1 is 1.67 bits per heavy atom. The Kier molecular flexibility index (Phi) is 3.15. The molecule has 0 aliphatic rings. The zero-order valence-electron chi connectivity index (χ0n) is 6.34.